The molecule has 138 valence electrons. The molecule has 6 heteroatoms. The fourth-order valence-corrected chi connectivity index (χ4v) is 2.43. The molecule has 0 radical (unpaired) electrons. The number of nitrogens with one attached hydrogen (secondary N) is 1. The molecular weight excluding hydrogens is 335 g/mol. The summed E-state index contributed by atoms with van der Waals surface area (Å²) in [5.41, 5.74) is 1.72. The van der Waals surface area contributed by atoms with Crippen LogP contribution < -0.4 is 10.1 Å². The fourth-order valence-electron chi connectivity index (χ4n) is 2.43. The first-order valence-electron chi connectivity index (χ1n) is 8.64. The average Bonchev–Trinajstić information content (AvgIpc) is 2.64. The molecule has 1 aromatic heterocycles. The lowest BCUT2D eigenvalue weighted by atomic mass is 10.1. The molecule has 0 fully saturated rings. The summed E-state index contributed by atoms with van der Waals surface area (Å²) in [6.45, 7) is 3.38. The fraction of sp³-hybridized carbons (Fsp3) is 0.350. The number of carbonyl (C=O) groups excluding carboxylic acids is 2. The van der Waals surface area contributed by atoms with Crippen LogP contribution in [-0.4, -0.2) is 29.8 Å². The van der Waals surface area contributed by atoms with E-state index >= 15 is 0 Å². The van der Waals surface area contributed by atoms with Crippen molar-refractivity contribution in [3.05, 3.63) is 59.2 Å². The average molecular weight is 358 g/mol. The summed E-state index contributed by atoms with van der Waals surface area (Å²) in [4.78, 5) is 27.9. The Morgan fingerprint density at radius 1 is 1.27 bits per heavy atom. The lowest BCUT2D eigenvalue weighted by Crippen LogP contribution is -2.33. The summed E-state index contributed by atoms with van der Waals surface area (Å²) in [7, 11) is 0. The van der Waals surface area contributed by atoms with Crippen LogP contribution in [0.15, 0.2) is 36.5 Å². The van der Waals surface area contributed by atoms with Crippen molar-refractivity contribution in [1.29, 1.82) is 0 Å². The third-order valence-electron chi connectivity index (χ3n) is 3.91. The van der Waals surface area contributed by atoms with E-state index in [1.165, 1.54) is 12.3 Å². The number of aryl methyl sites for hydroxylation is 2. The lowest BCUT2D eigenvalue weighted by Gasteiger charge is -2.09. The Kier molecular flexibility index (Phi) is 7.26. The summed E-state index contributed by atoms with van der Waals surface area (Å²) in [6.07, 6.45) is 4.12. The van der Waals surface area contributed by atoms with Gasteiger partial charge in [-0.3, -0.25) is 14.6 Å². The monoisotopic (exact) mass is 358 g/mol. The third kappa shape index (κ3) is 5.65. The zero-order chi connectivity index (χ0) is 18.9. The molecule has 2 aromatic rings. The largest absolute Gasteiger partial charge is 0.484 e. The van der Waals surface area contributed by atoms with Gasteiger partial charge in [0.25, 0.3) is 5.91 Å². The smallest absolute Gasteiger partial charge is 0.258 e. The molecule has 0 atom stereocenters. The Bertz CT molecular complexity index is 777. The van der Waals surface area contributed by atoms with Crippen LogP contribution in [0, 0.1) is 12.7 Å². The number of Topliss-reactive ketones (excluding diaryl/α,β-unsaturated/α-hetero) is 1. The van der Waals surface area contributed by atoms with Crippen molar-refractivity contribution >= 4 is 11.7 Å². The zero-order valence-corrected chi connectivity index (χ0v) is 15.0. The third-order valence-corrected chi connectivity index (χ3v) is 3.91. The van der Waals surface area contributed by atoms with Crippen LogP contribution in [0.25, 0.3) is 0 Å². The first-order chi connectivity index (χ1) is 12.5. The summed E-state index contributed by atoms with van der Waals surface area (Å²) < 4.78 is 19.2. The second-order valence-electron chi connectivity index (χ2n) is 6.01. The molecule has 0 saturated carbocycles. The lowest BCUT2D eigenvalue weighted by molar-refractivity contribution is -0.122. The second kappa shape index (κ2) is 9.65. The summed E-state index contributed by atoms with van der Waals surface area (Å²) in [6, 6.07) is 8.12. The van der Waals surface area contributed by atoms with Crippen molar-refractivity contribution in [2.45, 2.75) is 33.1 Å². The van der Waals surface area contributed by atoms with Gasteiger partial charge < -0.3 is 10.1 Å². The highest BCUT2D eigenvalue weighted by Gasteiger charge is 2.12. The van der Waals surface area contributed by atoms with E-state index < -0.39 is 5.91 Å². The summed E-state index contributed by atoms with van der Waals surface area (Å²) in [5, 5.41) is 2.49. The van der Waals surface area contributed by atoms with Crippen LogP contribution >= 0.6 is 0 Å². The van der Waals surface area contributed by atoms with E-state index in [2.05, 4.69) is 10.3 Å². The number of rotatable bonds is 9. The molecule has 0 saturated heterocycles. The van der Waals surface area contributed by atoms with Gasteiger partial charge in [0.05, 0.1) is 6.54 Å². The van der Waals surface area contributed by atoms with Gasteiger partial charge in [0, 0.05) is 12.3 Å². The number of benzene rings is 1. The van der Waals surface area contributed by atoms with Crippen LogP contribution in [0.2, 0.25) is 0 Å². The van der Waals surface area contributed by atoms with Gasteiger partial charge in [-0.05, 0) is 43.0 Å². The number of ketones is 1. The van der Waals surface area contributed by atoms with Crippen molar-refractivity contribution in [3.8, 4) is 5.75 Å². The molecule has 1 amide bonds. The molecule has 1 N–H and O–H groups in total. The van der Waals surface area contributed by atoms with Crippen molar-refractivity contribution in [3.63, 3.8) is 0 Å². The highest BCUT2D eigenvalue weighted by molar-refractivity contribution is 5.98. The van der Waals surface area contributed by atoms with E-state index in [0.717, 1.165) is 18.4 Å². The minimum Gasteiger partial charge on any atom is -0.484 e. The number of halogens is 1. The molecule has 5 nitrogen and oxygen atoms in total. The van der Waals surface area contributed by atoms with E-state index in [-0.39, 0.29) is 30.5 Å². The minimum atomic E-state index is -0.456. The van der Waals surface area contributed by atoms with Gasteiger partial charge in [-0.15, -0.1) is 0 Å². The second-order valence-corrected chi connectivity index (χ2v) is 6.01. The molecular formula is C20H23FN2O3. The van der Waals surface area contributed by atoms with E-state index in [4.69, 9.17) is 4.74 Å². The topological polar surface area (TPSA) is 68.3 Å². The number of aromatic nitrogens is 1. The number of pyridine rings is 1. The molecule has 2 rings (SSSR count). The number of hydrogen-bond donors (Lipinski definition) is 1. The molecule has 1 aromatic carbocycles. The van der Waals surface area contributed by atoms with Crippen LogP contribution in [-0.2, 0) is 11.2 Å². The minimum absolute atomic E-state index is 0.162. The van der Waals surface area contributed by atoms with Gasteiger partial charge in [0.15, 0.2) is 6.61 Å². The molecule has 1 heterocycles. The Morgan fingerprint density at radius 3 is 2.77 bits per heavy atom. The Balaban J connectivity index is 1.81. The first kappa shape index (κ1) is 19.6. The molecule has 0 aliphatic carbocycles. The van der Waals surface area contributed by atoms with Gasteiger partial charge in [0.2, 0.25) is 5.78 Å². The number of unbranched alkanes of at least 4 members (excludes halogenated alkanes) is 1. The number of hydrogen-bond acceptors (Lipinski definition) is 4. The van der Waals surface area contributed by atoms with E-state index in [1.54, 1.807) is 31.2 Å². The number of carbonyl (C=O) groups is 2. The first-order valence-corrected chi connectivity index (χ1v) is 8.64. The normalized spacial score (nSPS) is 10.4. The Morgan fingerprint density at radius 2 is 2.08 bits per heavy atom. The van der Waals surface area contributed by atoms with E-state index in [1.807, 2.05) is 6.92 Å². The van der Waals surface area contributed by atoms with Gasteiger partial charge in [-0.1, -0.05) is 25.5 Å². The Labute approximate surface area is 152 Å². The molecule has 0 bridgehead atoms. The van der Waals surface area contributed by atoms with Crippen LogP contribution in [0.4, 0.5) is 4.39 Å². The van der Waals surface area contributed by atoms with Crippen LogP contribution in [0.1, 0.15) is 41.4 Å². The molecule has 0 aliphatic rings. The van der Waals surface area contributed by atoms with Crippen molar-refractivity contribution in [2.24, 2.45) is 0 Å². The molecule has 0 spiro atoms. The van der Waals surface area contributed by atoms with Gasteiger partial charge >= 0.3 is 0 Å². The number of ether oxygens (including phenoxy) is 1. The standard InChI is InChI=1S/C20H23FN2O3/c1-3-4-7-15-8-9-16(11-17(15)21)26-13-19(25)23-12-18(24)20-14(2)6-5-10-22-20/h5-6,8-11H,3-4,7,12-13H2,1-2H3,(H,23,25). The predicted octanol–water partition coefficient (Wildman–Crippen LogP) is 3.25. The molecule has 0 aliphatic heterocycles. The van der Waals surface area contributed by atoms with Crippen molar-refractivity contribution in [2.75, 3.05) is 13.2 Å². The van der Waals surface area contributed by atoms with E-state index in [0.29, 0.717) is 17.7 Å². The van der Waals surface area contributed by atoms with Crippen LogP contribution in [0.5, 0.6) is 5.75 Å². The number of amides is 1. The van der Waals surface area contributed by atoms with Crippen molar-refractivity contribution in [1.82, 2.24) is 10.3 Å². The predicted molar refractivity (Wildman–Crippen MR) is 96.8 cm³/mol. The Hall–Kier alpha value is -2.76. The maximum Gasteiger partial charge on any atom is 0.258 e. The van der Waals surface area contributed by atoms with Crippen molar-refractivity contribution < 1.29 is 18.7 Å². The SMILES string of the molecule is CCCCc1ccc(OCC(=O)NCC(=O)c2ncccc2C)cc1F. The number of nitrogens with zero attached hydrogens (tertiary/aromatic N) is 1. The summed E-state index contributed by atoms with van der Waals surface area (Å²) in [5.74, 6) is -0.785. The zero-order valence-electron chi connectivity index (χ0n) is 15.0. The quantitative estimate of drug-likeness (QED) is 0.699. The van der Waals surface area contributed by atoms with Crippen LogP contribution in [0.3, 0.4) is 0 Å². The van der Waals surface area contributed by atoms with Gasteiger partial charge in [0.1, 0.15) is 17.3 Å². The maximum atomic E-state index is 13.9. The van der Waals surface area contributed by atoms with Gasteiger partial charge in [-0.2, -0.15) is 0 Å². The van der Waals surface area contributed by atoms with E-state index in [9.17, 15) is 14.0 Å². The summed E-state index contributed by atoms with van der Waals surface area (Å²) >= 11 is 0. The highest BCUT2D eigenvalue weighted by atomic mass is 19.1. The molecule has 0 unspecified atom stereocenters. The highest BCUT2D eigenvalue weighted by Crippen LogP contribution is 2.18. The molecule has 26 heavy (non-hydrogen) atoms. The van der Waals surface area contributed by atoms with Gasteiger partial charge in [-0.25, -0.2) is 4.39 Å². The maximum absolute atomic E-state index is 13.9.